The highest BCUT2D eigenvalue weighted by atomic mass is 35.5. The first-order valence-electron chi connectivity index (χ1n) is 10.4. The fourth-order valence-electron chi connectivity index (χ4n) is 5.53. The van der Waals surface area contributed by atoms with Crippen molar-refractivity contribution in [3.05, 3.63) is 100 Å². The molecule has 1 aliphatic carbocycles. The monoisotopic (exact) mass is 449 g/mol. The number of amides is 1. The van der Waals surface area contributed by atoms with Crippen LogP contribution in [0.1, 0.15) is 46.9 Å². The number of carbonyl (C=O) groups excluding carboxylic acids is 2. The predicted molar refractivity (Wildman–Crippen MR) is 124 cm³/mol. The van der Waals surface area contributed by atoms with Crippen molar-refractivity contribution in [1.82, 2.24) is 0 Å². The van der Waals surface area contributed by atoms with Gasteiger partial charge in [-0.2, -0.15) is 0 Å². The second kappa shape index (κ2) is 7.51. The Hall–Kier alpha value is -2.62. The van der Waals surface area contributed by atoms with E-state index in [1.807, 2.05) is 67.6 Å². The third-order valence-electron chi connectivity index (χ3n) is 6.75. The zero-order chi connectivity index (χ0) is 21.8. The van der Waals surface area contributed by atoms with Crippen molar-refractivity contribution in [3.63, 3.8) is 0 Å². The van der Waals surface area contributed by atoms with Crippen LogP contribution in [-0.2, 0) is 15.0 Å². The maximum atomic E-state index is 14.0. The Morgan fingerprint density at radius 3 is 2.19 bits per heavy atom. The lowest BCUT2D eigenvalue weighted by atomic mass is 9.54. The summed E-state index contributed by atoms with van der Waals surface area (Å²) in [7, 11) is 0. The summed E-state index contributed by atoms with van der Waals surface area (Å²) in [5.74, 6) is -0.731. The summed E-state index contributed by atoms with van der Waals surface area (Å²) < 4.78 is 1.24. The molecule has 0 N–H and O–H groups in total. The second-order valence-electron chi connectivity index (χ2n) is 8.49. The summed E-state index contributed by atoms with van der Waals surface area (Å²) in [5, 5.41) is 0.583. The molecule has 2 aliphatic rings. The van der Waals surface area contributed by atoms with Crippen LogP contribution >= 0.6 is 23.4 Å². The first-order valence-corrected chi connectivity index (χ1v) is 11.1. The van der Waals surface area contributed by atoms with Crippen LogP contribution in [0.3, 0.4) is 0 Å². The third kappa shape index (κ3) is 3.02. The molecule has 1 fully saturated rings. The van der Waals surface area contributed by atoms with Crippen molar-refractivity contribution in [1.29, 1.82) is 0 Å². The van der Waals surface area contributed by atoms with Crippen LogP contribution in [0.5, 0.6) is 0 Å². The quantitative estimate of drug-likeness (QED) is 0.429. The second-order valence-corrected chi connectivity index (χ2v) is 9.27. The van der Waals surface area contributed by atoms with Crippen molar-refractivity contribution >= 4 is 40.8 Å². The summed E-state index contributed by atoms with van der Waals surface area (Å²) >= 11 is 12.9. The van der Waals surface area contributed by atoms with E-state index in [0.717, 1.165) is 22.3 Å². The first-order chi connectivity index (χ1) is 14.9. The van der Waals surface area contributed by atoms with Gasteiger partial charge in [0.1, 0.15) is 5.78 Å². The molecule has 3 atom stereocenters. The van der Waals surface area contributed by atoms with E-state index in [4.69, 9.17) is 23.4 Å². The standard InChI is InChI=1S/C26H21Cl2NO2/c1-16-6-4-7-17(12-16)22-14-20(30)15-23(18-8-5-9-19(27)13-18)26(22)21-10-2-3-11-24(21)29(28)25(26)31/h2-13,22-23H,14-15H2,1H3. The fourth-order valence-corrected chi connectivity index (χ4v) is 6.02. The average molecular weight is 450 g/mol. The number of benzene rings is 3. The van der Waals surface area contributed by atoms with E-state index in [9.17, 15) is 9.59 Å². The van der Waals surface area contributed by atoms with Crippen molar-refractivity contribution in [2.24, 2.45) is 0 Å². The van der Waals surface area contributed by atoms with Gasteiger partial charge in [-0.3, -0.25) is 9.59 Å². The maximum Gasteiger partial charge on any atom is 0.253 e. The molecule has 1 aliphatic heterocycles. The Balaban J connectivity index is 1.83. The molecular formula is C26H21Cl2NO2. The zero-order valence-corrected chi connectivity index (χ0v) is 18.5. The summed E-state index contributed by atoms with van der Waals surface area (Å²) in [6, 6.07) is 23.3. The largest absolute Gasteiger partial charge is 0.300 e. The minimum atomic E-state index is -0.981. The smallest absolute Gasteiger partial charge is 0.253 e. The first kappa shape index (κ1) is 20.3. The third-order valence-corrected chi connectivity index (χ3v) is 7.32. The van der Waals surface area contributed by atoms with Gasteiger partial charge in [-0.15, -0.1) is 0 Å². The highest BCUT2D eigenvalue weighted by Gasteiger charge is 2.62. The molecule has 0 aromatic heterocycles. The number of para-hydroxylation sites is 1. The molecule has 5 heteroatoms. The van der Waals surface area contributed by atoms with E-state index < -0.39 is 5.41 Å². The van der Waals surface area contributed by atoms with E-state index in [1.165, 1.54) is 4.42 Å². The van der Waals surface area contributed by atoms with E-state index in [-0.39, 0.29) is 29.9 Å². The summed E-state index contributed by atoms with van der Waals surface area (Å²) in [5.41, 5.74) is 3.53. The molecule has 0 bridgehead atoms. The van der Waals surface area contributed by atoms with Gasteiger partial charge < -0.3 is 0 Å². The van der Waals surface area contributed by atoms with Crippen LogP contribution < -0.4 is 4.42 Å². The van der Waals surface area contributed by atoms with Gasteiger partial charge >= 0.3 is 0 Å². The molecule has 1 saturated carbocycles. The summed E-state index contributed by atoms with van der Waals surface area (Å²) in [6.45, 7) is 2.02. The Labute approximate surface area is 191 Å². The number of anilines is 1. The molecule has 3 nitrogen and oxygen atoms in total. The number of hydrogen-bond acceptors (Lipinski definition) is 2. The average Bonchev–Trinajstić information content (AvgIpc) is 2.98. The lowest BCUT2D eigenvalue weighted by Gasteiger charge is -2.46. The molecule has 3 unspecified atom stereocenters. The van der Waals surface area contributed by atoms with Gasteiger partial charge in [0.05, 0.1) is 11.1 Å². The zero-order valence-electron chi connectivity index (χ0n) is 17.0. The SMILES string of the molecule is Cc1cccc(C2CC(=O)CC(c3cccc(Cl)c3)C23C(=O)N(Cl)c2ccccc23)c1. The molecule has 1 heterocycles. The van der Waals surface area contributed by atoms with Crippen LogP contribution in [0.2, 0.25) is 5.02 Å². The summed E-state index contributed by atoms with van der Waals surface area (Å²) in [6.07, 6.45) is 0.568. The van der Waals surface area contributed by atoms with E-state index in [2.05, 4.69) is 6.07 Å². The van der Waals surface area contributed by atoms with Gasteiger partial charge in [0.15, 0.2) is 0 Å². The normalized spacial score (nSPS) is 25.2. The Bertz CT molecular complexity index is 1150. The molecule has 5 rings (SSSR count). The number of Topliss-reactive ketones (excluding diaryl/α,β-unsaturated/α-hetero) is 1. The number of fused-ring (bicyclic) bond motifs is 2. The van der Waals surface area contributed by atoms with Crippen LogP contribution in [-0.4, -0.2) is 11.7 Å². The van der Waals surface area contributed by atoms with Gasteiger partial charge in [0, 0.05) is 41.5 Å². The van der Waals surface area contributed by atoms with E-state index in [1.54, 1.807) is 6.07 Å². The predicted octanol–water partition coefficient (Wildman–Crippen LogP) is 6.32. The maximum absolute atomic E-state index is 14.0. The number of rotatable bonds is 2. The molecule has 31 heavy (non-hydrogen) atoms. The number of hydrogen-bond donors (Lipinski definition) is 0. The van der Waals surface area contributed by atoms with Gasteiger partial charge in [0.2, 0.25) is 0 Å². The highest BCUT2D eigenvalue weighted by Crippen LogP contribution is 2.61. The number of ketones is 1. The number of halogens is 2. The minimum absolute atomic E-state index is 0.139. The molecule has 1 spiro atoms. The number of aryl methyl sites for hydroxylation is 1. The molecule has 0 saturated heterocycles. The van der Waals surface area contributed by atoms with Gasteiger partial charge in [0.25, 0.3) is 5.91 Å². The lowest BCUT2D eigenvalue weighted by molar-refractivity contribution is -0.129. The topological polar surface area (TPSA) is 37.4 Å². The Morgan fingerprint density at radius 1 is 0.871 bits per heavy atom. The van der Waals surface area contributed by atoms with E-state index >= 15 is 0 Å². The van der Waals surface area contributed by atoms with Crippen LogP contribution in [0, 0.1) is 6.92 Å². The van der Waals surface area contributed by atoms with Gasteiger partial charge in [-0.1, -0.05) is 71.8 Å². The van der Waals surface area contributed by atoms with Crippen LogP contribution in [0.15, 0.2) is 72.8 Å². The molecule has 0 radical (unpaired) electrons. The summed E-state index contributed by atoms with van der Waals surface area (Å²) in [4.78, 5) is 27.1. The van der Waals surface area contributed by atoms with Crippen molar-refractivity contribution in [2.45, 2.75) is 37.0 Å². The molecule has 156 valence electrons. The fraction of sp³-hybridized carbons (Fsp3) is 0.231. The molecule has 3 aromatic rings. The Kier molecular flexibility index (Phi) is 4.91. The van der Waals surface area contributed by atoms with Crippen molar-refractivity contribution in [3.8, 4) is 0 Å². The van der Waals surface area contributed by atoms with Crippen LogP contribution in [0.25, 0.3) is 0 Å². The number of carbonyl (C=O) groups is 2. The Morgan fingerprint density at radius 2 is 1.52 bits per heavy atom. The van der Waals surface area contributed by atoms with Crippen molar-refractivity contribution in [2.75, 3.05) is 4.42 Å². The van der Waals surface area contributed by atoms with Crippen LogP contribution in [0.4, 0.5) is 5.69 Å². The minimum Gasteiger partial charge on any atom is -0.300 e. The highest BCUT2D eigenvalue weighted by molar-refractivity contribution is 6.40. The van der Waals surface area contributed by atoms with Crippen molar-refractivity contribution < 1.29 is 9.59 Å². The van der Waals surface area contributed by atoms with Gasteiger partial charge in [-0.05, 0) is 41.8 Å². The number of nitrogens with zero attached hydrogens (tertiary/aromatic N) is 1. The molecular weight excluding hydrogens is 429 g/mol. The van der Waals surface area contributed by atoms with Gasteiger partial charge in [-0.25, -0.2) is 4.42 Å². The molecule has 3 aromatic carbocycles. The lowest BCUT2D eigenvalue weighted by Crippen LogP contribution is -2.51. The van der Waals surface area contributed by atoms with E-state index in [0.29, 0.717) is 17.1 Å². The molecule has 1 amide bonds.